The Bertz CT molecular complexity index is 257. The number of carboxylic acids is 1. The minimum atomic E-state index is -0.952. The standard InChI is InChI=1S/C13H26N2O3/c1-3-4-5-11(13(17)18)15-12(16)7-6-10(2)8-9-14/h10-11H,3-9,14H2,1-2H3,(H,15,16)(H,17,18). The fourth-order valence-corrected chi connectivity index (χ4v) is 1.74. The van der Waals surface area contributed by atoms with Crippen LogP contribution in [0.4, 0.5) is 0 Å². The molecule has 106 valence electrons. The summed E-state index contributed by atoms with van der Waals surface area (Å²) >= 11 is 0. The Hall–Kier alpha value is -1.10. The van der Waals surface area contributed by atoms with Crippen LogP contribution in [0.2, 0.25) is 0 Å². The van der Waals surface area contributed by atoms with Crippen LogP contribution in [0.5, 0.6) is 0 Å². The molecule has 0 bridgehead atoms. The predicted octanol–water partition coefficient (Wildman–Crippen LogP) is 1.51. The van der Waals surface area contributed by atoms with Crippen LogP contribution < -0.4 is 11.1 Å². The number of nitrogens with two attached hydrogens (primary N) is 1. The summed E-state index contributed by atoms with van der Waals surface area (Å²) in [5.41, 5.74) is 5.43. The molecule has 0 aliphatic heterocycles. The third-order valence-electron chi connectivity index (χ3n) is 3.00. The molecule has 2 atom stereocenters. The molecule has 0 aliphatic rings. The first-order valence-electron chi connectivity index (χ1n) is 6.73. The molecule has 0 heterocycles. The van der Waals surface area contributed by atoms with E-state index < -0.39 is 12.0 Å². The molecule has 0 aromatic carbocycles. The number of unbranched alkanes of at least 4 members (excludes halogenated alkanes) is 1. The van der Waals surface area contributed by atoms with Crippen molar-refractivity contribution in [1.82, 2.24) is 5.32 Å². The van der Waals surface area contributed by atoms with Crippen LogP contribution in [0.15, 0.2) is 0 Å². The lowest BCUT2D eigenvalue weighted by Gasteiger charge is -2.15. The zero-order valence-electron chi connectivity index (χ0n) is 11.4. The molecule has 0 aromatic rings. The van der Waals surface area contributed by atoms with Gasteiger partial charge in [-0.25, -0.2) is 4.79 Å². The second kappa shape index (κ2) is 9.88. The molecule has 0 fully saturated rings. The van der Waals surface area contributed by atoms with Crippen molar-refractivity contribution in [3.05, 3.63) is 0 Å². The van der Waals surface area contributed by atoms with Gasteiger partial charge < -0.3 is 16.2 Å². The number of carboxylic acid groups (broad SMARTS) is 1. The van der Waals surface area contributed by atoms with Gasteiger partial charge in [0, 0.05) is 6.42 Å². The van der Waals surface area contributed by atoms with Gasteiger partial charge in [0.15, 0.2) is 0 Å². The highest BCUT2D eigenvalue weighted by molar-refractivity contribution is 5.83. The average molecular weight is 258 g/mol. The molecule has 0 rings (SSSR count). The molecule has 1 amide bonds. The summed E-state index contributed by atoms with van der Waals surface area (Å²) in [7, 11) is 0. The van der Waals surface area contributed by atoms with Crippen molar-refractivity contribution in [2.75, 3.05) is 6.54 Å². The Morgan fingerprint density at radius 1 is 1.28 bits per heavy atom. The first kappa shape index (κ1) is 16.9. The van der Waals surface area contributed by atoms with E-state index in [4.69, 9.17) is 10.8 Å². The molecule has 0 saturated carbocycles. The van der Waals surface area contributed by atoms with Crippen molar-refractivity contribution in [3.8, 4) is 0 Å². The first-order valence-corrected chi connectivity index (χ1v) is 6.73. The molecule has 0 radical (unpaired) electrons. The van der Waals surface area contributed by atoms with E-state index in [0.717, 1.165) is 25.7 Å². The van der Waals surface area contributed by atoms with Crippen molar-refractivity contribution in [1.29, 1.82) is 0 Å². The second-order valence-corrected chi connectivity index (χ2v) is 4.82. The molecular formula is C13H26N2O3. The summed E-state index contributed by atoms with van der Waals surface area (Å²) < 4.78 is 0. The normalized spacial score (nSPS) is 13.9. The van der Waals surface area contributed by atoms with Crippen LogP contribution in [0.25, 0.3) is 0 Å². The van der Waals surface area contributed by atoms with Gasteiger partial charge in [0.05, 0.1) is 0 Å². The van der Waals surface area contributed by atoms with Crippen molar-refractivity contribution in [3.63, 3.8) is 0 Å². The van der Waals surface area contributed by atoms with Crippen LogP contribution in [-0.2, 0) is 9.59 Å². The molecular weight excluding hydrogens is 232 g/mol. The highest BCUT2D eigenvalue weighted by Gasteiger charge is 2.19. The fraction of sp³-hybridized carbons (Fsp3) is 0.846. The molecule has 0 aliphatic carbocycles. The zero-order valence-corrected chi connectivity index (χ0v) is 11.4. The van der Waals surface area contributed by atoms with Crippen molar-refractivity contribution < 1.29 is 14.7 Å². The monoisotopic (exact) mass is 258 g/mol. The minimum absolute atomic E-state index is 0.178. The summed E-state index contributed by atoms with van der Waals surface area (Å²) in [5.74, 6) is -0.728. The fourth-order valence-electron chi connectivity index (χ4n) is 1.74. The van der Waals surface area contributed by atoms with E-state index >= 15 is 0 Å². The predicted molar refractivity (Wildman–Crippen MR) is 71.2 cm³/mol. The number of amides is 1. The van der Waals surface area contributed by atoms with Gasteiger partial charge in [-0.05, 0) is 31.7 Å². The van der Waals surface area contributed by atoms with Gasteiger partial charge >= 0.3 is 5.97 Å². The van der Waals surface area contributed by atoms with Gasteiger partial charge in [0.1, 0.15) is 6.04 Å². The van der Waals surface area contributed by atoms with E-state index in [2.05, 4.69) is 5.32 Å². The Balaban J connectivity index is 3.98. The Morgan fingerprint density at radius 3 is 2.44 bits per heavy atom. The molecule has 18 heavy (non-hydrogen) atoms. The Morgan fingerprint density at radius 2 is 1.94 bits per heavy atom. The van der Waals surface area contributed by atoms with E-state index in [1.165, 1.54) is 0 Å². The van der Waals surface area contributed by atoms with Crippen molar-refractivity contribution in [2.24, 2.45) is 11.7 Å². The summed E-state index contributed by atoms with van der Waals surface area (Å²) in [6.45, 7) is 4.66. The van der Waals surface area contributed by atoms with Crippen molar-refractivity contribution >= 4 is 11.9 Å². The van der Waals surface area contributed by atoms with Gasteiger partial charge in [-0.3, -0.25) is 4.79 Å². The number of hydrogen-bond donors (Lipinski definition) is 3. The highest BCUT2D eigenvalue weighted by Crippen LogP contribution is 2.09. The van der Waals surface area contributed by atoms with Gasteiger partial charge in [0.2, 0.25) is 5.91 Å². The average Bonchev–Trinajstić information content (AvgIpc) is 2.32. The zero-order chi connectivity index (χ0) is 14.0. The van der Waals surface area contributed by atoms with Crippen LogP contribution in [0.1, 0.15) is 52.4 Å². The lowest BCUT2D eigenvalue weighted by molar-refractivity contribution is -0.142. The third kappa shape index (κ3) is 8.06. The van der Waals surface area contributed by atoms with Gasteiger partial charge in [0.25, 0.3) is 0 Å². The molecule has 4 N–H and O–H groups in total. The number of rotatable bonds is 10. The number of carbonyl (C=O) groups excluding carboxylic acids is 1. The van der Waals surface area contributed by atoms with Gasteiger partial charge in [-0.1, -0.05) is 26.7 Å². The Kier molecular flexibility index (Phi) is 9.28. The number of nitrogens with one attached hydrogen (secondary N) is 1. The third-order valence-corrected chi connectivity index (χ3v) is 3.00. The molecule has 0 spiro atoms. The van der Waals surface area contributed by atoms with Crippen LogP contribution in [0, 0.1) is 5.92 Å². The highest BCUT2D eigenvalue weighted by atomic mass is 16.4. The number of hydrogen-bond acceptors (Lipinski definition) is 3. The molecule has 5 nitrogen and oxygen atoms in total. The maximum Gasteiger partial charge on any atom is 0.326 e. The topological polar surface area (TPSA) is 92.4 Å². The van der Waals surface area contributed by atoms with Crippen LogP contribution in [0.3, 0.4) is 0 Å². The molecule has 0 aromatic heterocycles. The summed E-state index contributed by atoms with van der Waals surface area (Å²) in [5, 5.41) is 11.6. The lowest BCUT2D eigenvalue weighted by Crippen LogP contribution is -2.40. The molecule has 0 saturated heterocycles. The minimum Gasteiger partial charge on any atom is -0.480 e. The van der Waals surface area contributed by atoms with E-state index in [0.29, 0.717) is 25.3 Å². The SMILES string of the molecule is CCCCC(NC(=O)CCC(C)CCN)C(=O)O. The smallest absolute Gasteiger partial charge is 0.326 e. The summed E-state index contributed by atoms with van der Waals surface area (Å²) in [6, 6.07) is -0.748. The lowest BCUT2D eigenvalue weighted by atomic mass is 10.0. The quantitative estimate of drug-likeness (QED) is 0.554. The summed E-state index contributed by atoms with van der Waals surface area (Å²) in [4.78, 5) is 22.6. The molecule has 5 heteroatoms. The maximum atomic E-state index is 11.6. The van der Waals surface area contributed by atoms with Gasteiger partial charge in [-0.15, -0.1) is 0 Å². The first-order chi connectivity index (χ1) is 8.51. The van der Waals surface area contributed by atoms with Crippen LogP contribution in [-0.4, -0.2) is 29.6 Å². The Labute approximate surface area is 109 Å². The largest absolute Gasteiger partial charge is 0.480 e. The summed E-state index contributed by atoms with van der Waals surface area (Å²) in [6.07, 6.45) is 4.25. The molecule has 2 unspecified atom stereocenters. The second-order valence-electron chi connectivity index (χ2n) is 4.82. The van der Waals surface area contributed by atoms with Gasteiger partial charge in [-0.2, -0.15) is 0 Å². The van der Waals surface area contributed by atoms with E-state index in [1.54, 1.807) is 0 Å². The number of carbonyl (C=O) groups is 2. The van der Waals surface area contributed by atoms with E-state index in [9.17, 15) is 9.59 Å². The van der Waals surface area contributed by atoms with Crippen LogP contribution >= 0.6 is 0 Å². The van der Waals surface area contributed by atoms with Crippen molar-refractivity contribution in [2.45, 2.75) is 58.4 Å². The number of aliphatic carboxylic acids is 1. The van der Waals surface area contributed by atoms with E-state index in [-0.39, 0.29) is 5.91 Å². The van der Waals surface area contributed by atoms with E-state index in [1.807, 2.05) is 13.8 Å². The maximum absolute atomic E-state index is 11.6.